The third kappa shape index (κ3) is 5.27. The summed E-state index contributed by atoms with van der Waals surface area (Å²) in [5, 5.41) is 10.4. The highest BCUT2D eigenvalue weighted by molar-refractivity contribution is 5.44. The van der Waals surface area contributed by atoms with Crippen LogP contribution in [0.4, 0.5) is 0 Å². The molecule has 0 unspecified atom stereocenters. The normalized spacial score (nSPS) is 21.5. The molecule has 1 N–H and O–H groups in total. The number of benzene rings is 2. The third-order valence-electron chi connectivity index (χ3n) is 5.96. The van der Waals surface area contributed by atoms with E-state index < -0.39 is 6.10 Å². The Morgan fingerprint density at radius 1 is 0.906 bits per heavy atom. The lowest BCUT2D eigenvalue weighted by Gasteiger charge is -2.35. The van der Waals surface area contributed by atoms with E-state index in [0.29, 0.717) is 33.2 Å². The first-order valence-corrected chi connectivity index (χ1v) is 11.2. The SMILES string of the molecule is O[C@H](COC[C@@H]1COc2ccccc2O1)CN1CCN(Cc2ccc3c(c2)OCO3)CC1. The quantitative estimate of drug-likeness (QED) is 0.663. The summed E-state index contributed by atoms with van der Waals surface area (Å²) < 4.78 is 28.1. The standard InChI is InChI=1S/C24H30N2O6/c27-19(14-28-15-20-16-29-21-3-1-2-4-23(21)32-20)13-26-9-7-25(8-10-26)12-18-5-6-22-24(11-18)31-17-30-22/h1-6,11,19-20,27H,7-10,12-17H2/t19-,20+/m0/s1. The first-order chi connectivity index (χ1) is 15.7. The molecule has 0 aromatic heterocycles. The van der Waals surface area contributed by atoms with Gasteiger partial charge in [-0.2, -0.15) is 0 Å². The van der Waals surface area contributed by atoms with Gasteiger partial charge >= 0.3 is 0 Å². The van der Waals surface area contributed by atoms with E-state index in [1.54, 1.807) is 0 Å². The van der Waals surface area contributed by atoms with E-state index in [2.05, 4.69) is 21.9 Å². The van der Waals surface area contributed by atoms with E-state index >= 15 is 0 Å². The Bertz CT molecular complexity index is 902. The van der Waals surface area contributed by atoms with Gasteiger partial charge in [-0.05, 0) is 29.8 Å². The van der Waals surface area contributed by atoms with Crippen LogP contribution in [0.5, 0.6) is 23.0 Å². The molecule has 2 atom stereocenters. The largest absolute Gasteiger partial charge is 0.486 e. The third-order valence-corrected chi connectivity index (χ3v) is 5.96. The fourth-order valence-electron chi connectivity index (χ4n) is 4.26. The number of piperazine rings is 1. The Morgan fingerprint density at radius 2 is 1.66 bits per heavy atom. The van der Waals surface area contributed by atoms with Crippen molar-refractivity contribution < 1.29 is 28.8 Å². The lowest BCUT2D eigenvalue weighted by Crippen LogP contribution is -2.48. The highest BCUT2D eigenvalue weighted by Gasteiger charge is 2.23. The lowest BCUT2D eigenvalue weighted by molar-refractivity contribution is -0.0322. The van der Waals surface area contributed by atoms with Gasteiger partial charge in [0.1, 0.15) is 6.61 Å². The minimum absolute atomic E-state index is 0.156. The fourth-order valence-corrected chi connectivity index (χ4v) is 4.26. The van der Waals surface area contributed by atoms with Crippen LogP contribution in [0.3, 0.4) is 0 Å². The fraction of sp³-hybridized carbons (Fsp3) is 0.500. The summed E-state index contributed by atoms with van der Waals surface area (Å²) in [5.74, 6) is 3.16. The summed E-state index contributed by atoms with van der Waals surface area (Å²) in [5.41, 5.74) is 1.23. The van der Waals surface area contributed by atoms with Crippen LogP contribution >= 0.6 is 0 Å². The summed E-state index contributed by atoms with van der Waals surface area (Å²) in [4.78, 5) is 4.72. The molecule has 0 amide bonds. The Labute approximate surface area is 188 Å². The highest BCUT2D eigenvalue weighted by Crippen LogP contribution is 2.33. The molecule has 8 nitrogen and oxygen atoms in total. The molecular formula is C24H30N2O6. The maximum atomic E-state index is 10.4. The lowest BCUT2D eigenvalue weighted by atomic mass is 10.1. The zero-order valence-electron chi connectivity index (χ0n) is 18.2. The van der Waals surface area contributed by atoms with E-state index in [1.165, 1.54) is 5.56 Å². The zero-order valence-corrected chi connectivity index (χ0v) is 18.2. The number of ether oxygens (including phenoxy) is 5. The van der Waals surface area contributed by atoms with Crippen LogP contribution in [-0.2, 0) is 11.3 Å². The van der Waals surface area contributed by atoms with E-state index in [4.69, 9.17) is 23.7 Å². The van der Waals surface area contributed by atoms with Crippen LogP contribution in [0.15, 0.2) is 42.5 Å². The van der Waals surface area contributed by atoms with Gasteiger partial charge in [-0.3, -0.25) is 9.80 Å². The topological polar surface area (TPSA) is 72.9 Å². The second-order valence-electron chi connectivity index (χ2n) is 8.45. The van der Waals surface area contributed by atoms with E-state index in [0.717, 1.165) is 55.7 Å². The first-order valence-electron chi connectivity index (χ1n) is 11.2. The molecule has 5 rings (SSSR count). The molecule has 3 aliphatic rings. The van der Waals surface area contributed by atoms with Crippen molar-refractivity contribution in [1.29, 1.82) is 0 Å². The van der Waals surface area contributed by atoms with E-state index in [-0.39, 0.29) is 6.10 Å². The molecule has 2 aromatic rings. The number of aliphatic hydroxyl groups excluding tert-OH is 1. The predicted molar refractivity (Wildman–Crippen MR) is 117 cm³/mol. The number of nitrogens with zero attached hydrogens (tertiary/aromatic N) is 2. The number of aliphatic hydroxyl groups is 1. The average molecular weight is 443 g/mol. The van der Waals surface area contributed by atoms with Crippen LogP contribution in [0.1, 0.15) is 5.56 Å². The van der Waals surface area contributed by atoms with Crippen molar-refractivity contribution in [3.8, 4) is 23.0 Å². The molecule has 0 bridgehead atoms. The molecule has 0 aliphatic carbocycles. The molecule has 1 saturated heterocycles. The summed E-state index contributed by atoms with van der Waals surface area (Å²) in [6.45, 7) is 6.75. The first kappa shape index (κ1) is 21.3. The molecule has 8 heteroatoms. The summed E-state index contributed by atoms with van der Waals surface area (Å²) >= 11 is 0. The van der Waals surface area contributed by atoms with Gasteiger partial charge in [0, 0.05) is 39.3 Å². The zero-order chi connectivity index (χ0) is 21.8. The Hall–Kier alpha value is -2.52. The monoisotopic (exact) mass is 442 g/mol. The van der Waals surface area contributed by atoms with Crippen LogP contribution in [0.2, 0.25) is 0 Å². The second kappa shape index (κ2) is 9.95. The van der Waals surface area contributed by atoms with Gasteiger partial charge in [-0.25, -0.2) is 0 Å². The van der Waals surface area contributed by atoms with Crippen molar-refractivity contribution in [3.63, 3.8) is 0 Å². The van der Waals surface area contributed by atoms with Gasteiger partial charge in [0.05, 0.1) is 19.3 Å². The van der Waals surface area contributed by atoms with Crippen LogP contribution in [0.25, 0.3) is 0 Å². The number of rotatable bonds is 8. The minimum Gasteiger partial charge on any atom is -0.486 e. The number of fused-ring (bicyclic) bond motifs is 2. The van der Waals surface area contributed by atoms with Crippen LogP contribution < -0.4 is 18.9 Å². The maximum Gasteiger partial charge on any atom is 0.231 e. The van der Waals surface area contributed by atoms with Crippen molar-refractivity contribution in [2.24, 2.45) is 0 Å². The molecule has 32 heavy (non-hydrogen) atoms. The molecule has 3 heterocycles. The highest BCUT2D eigenvalue weighted by atomic mass is 16.7. The Balaban J connectivity index is 0.986. The van der Waals surface area contributed by atoms with Gasteiger partial charge < -0.3 is 28.8 Å². The second-order valence-corrected chi connectivity index (χ2v) is 8.45. The molecule has 3 aliphatic heterocycles. The van der Waals surface area contributed by atoms with Gasteiger partial charge in [0.15, 0.2) is 29.1 Å². The number of β-amino-alcohol motifs (C(OH)–C–C–N with tert-alkyl or cyclic N) is 1. The van der Waals surface area contributed by atoms with Crippen LogP contribution in [-0.4, -0.2) is 86.5 Å². The summed E-state index contributed by atoms with van der Waals surface area (Å²) in [7, 11) is 0. The Morgan fingerprint density at radius 3 is 2.53 bits per heavy atom. The van der Waals surface area contributed by atoms with Crippen molar-refractivity contribution in [2.75, 3.05) is 59.3 Å². The smallest absolute Gasteiger partial charge is 0.231 e. The van der Waals surface area contributed by atoms with E-state index in [9.17, 15) is 5.11 Å². The molecular weight excluding hydrogens is 412 g/mol. The summed E-state index contributed by atoms with van der Waals surface area (Å²) in [6.07, 6.45) is -0.677. The van der Waals surface area contributed by atoms with Gasteiger partial charge in [-0.1, -0.05) is 18.2 Å². The molecule has 2 aromatic carbocycles. The summed E-state index contributed by atoms with van der Waals surface area (Å²) in [6, 6.07) is 13.8. The number of hydrogen-bond acceptors (Lipinski definition) is 8. The maximum absolute atomic E-state index is 10.4. The van der Waals surface area contributed by atoms with E-state index in [1.807, 2.05) is 30.3 Å². The molecule has 0 saturated carbocycles. The number of hydrogen-bond donors (Lipinski definition) is 1. The van der Waals surface area contributed by atoms with Crippen LogP contribution in [0, 0.1) is 0 Å². The van der Waals surface area contributed by atoms with Gasteiger partial charge in [0.2, 0.25) is 6.79 Å². The van der Waals surface area contributed by atoms with Crippen molar-refractivity contribution in [1.82, 2.24) is 9.80 Å². The predicted octanol–water partition coefficient (Wildman–Crippen LogP) is 1.75. The van der Waals surface area contributed by atoms with Crippen molar-refractivity contribution in [3.05, 3.63) is 48.0 Å². The minimum atomic E-state index is -0.521. The number of para-hydroxylation sites is 2. The van der Waals surface area contributed by atoms with Crippen molar-refractivity contribution in [2.45, 2.75) is 18.8 Å². The van der Waals surface area contributed by atoms with Gasteiger partial charge in [0.25, 0.3) is 0 Å². The average Bonchev–Trinajstić information content (AvgIpc) is 3.28. The molecule has 0 radical (unpaired) electrons. The molecule has 1 fully saturated rings. The Kier molecular flexibility index (Phi) is 6.64. The molecule has 172 valence electrons. The van der Waals surface area contributed by atoms with Gasteiger partial charge in [-0.15, -0.1) is 0 Å². The van der Waals surface area contributed by atoms with Crippen molar-refractivity contribution >= 4 is 0 Å². The molecule has 0 spiro atoms.